The van der Waals surface area contributed by atoms with Crippen LogP contribution in [0.25, 0.3) is 0 Å². The Morgan fingerprint density at radius 3 is 2.59 bits per heavy atom. The molecule has 3 atom stereocenters. The van der Waals surface area contributed by atoms with Crippen molar-refractivity contribution in [2.45, 2.75) is 45.4 Å². The van der Waals surface area contributed by atoms with Gasteiger partial charge in [0.1, 0.15) is 0 Å². The van der Waals surface area contributed by atoms with Gasteiger partial charge < -0.3 is 10.0 Å². The van der Waals surface area contributed by atoms with E-state index in [-0.39, 0.29) is 18.9 Å². The minimum Gasteiger partial charge on any atom is -0.392 e. The van der Waals surface area contributed by atoms with Gasteiger partial charge in [0.25, 0.3) is 0 Å². The van der Waals surface area contributed by atoms with Crippen LogP contribution in [0.5, 0.6) is 0 Å². The van der Waals surface area contributed by atoms with Crippen LogP contribution >= 0.6 is 0 Å². The molecule has 1 rings (SSSR count). The summed E-state index contributed by atoms with van der Waals surface area (Å²) in [5, 5.41) is 9.84. The van der Waals surface area contributed by atoms with Crippen molar-refractivity contribution in [3.63, 3.8) is 0 Å². The van der Waals surface area contributed by atoms with Gasteiger partial charge in [-0.2, -0.15) is 13.2 Å². The Bertz CT molecular complexity index is 232. The smallest absolute Gasteiger partial charge is 0.392 e. The Morgan fingerprint density at radius 2 is 2.06 bits per heavy atom. The maximum atomic E-state index is 12.6. The summed E-state index contributed by atoms with van der Waals surface area (Å²) >= 11 is 0. The number of aliphatic hydroxyl groups excluding tert-OH is 1. The molecule has 0 aromatic carbocycles. The average Bonchev–Trinajstić information content (AvgIpc) is 2.27. The van der Waals surface area contributed by atoms with E-state index in [1.54, 1.807) is 4.90 Å². The van der Waals surface area contributed by atoms with Crippen LogP contribution in [0.15, 0.2) is 0 Å². The van der Waals surface area contributed by atoms with Crippen LogP contribution in [-0.2, 0) is 0 Å². The van der Waals surface area contributed by atoms with Gasteiger partial charge in [0, 0.05) is 13.1 Å². The van der Waals surface area contributed by atoms with Crippen molar-refractivity contribution >= 4 is 0 Å². The zero-order valence-corrected chi connectivity index (χ0v) is 10.5. The van der Waals surface area contributed by atoms with Crippen LogP contribution in [-0.4, -0.2) is 41.9 Å². The third-order valence-electron chi connectivity index (χ3n) is 3.71. The number of hydrogen-bond donors (Lipinski definition) is 1. The summed E-state index contributed by atoms with van der Waals surface area (Å²) in [7, 11) is 0. The van der Waals surface area contributed by atoms with E-state index in [4.69, 9.17) is 0 Å². The van der Waals surface area contributed by atoms with Crippen LogP contribution < -0.4 is 0 Å². The van der Waals surface area contributed by atoms with E-state index in [0.29, 0.717) is 19.5 Å². The standard InChI is InChI=1S/C12H22F3NO/c1-3-9(2)11(17)8-16-6-4-5-10(7-16)12(13,14)15/h9-11,17H,3-8H2,1-2H3. The molecule has 5 heteroatoms. The highest BCUT2D eigenvalue weighted by Gasteiger charge is 2.41. The lowest BCUT2D eigenvalue weighted by atomic mass is 9.95. The van der Waals surface area contributed by atoms with E-state index >= 15 is 0 Å². The monoisotopic (exact) mass is 253 g/mol. The van der Waals surface area contributed by atoms with Crippen LogP contribution in [0, 0.1) is 11.8 Å². The molecule has 102 valence electrons. The number of halogens is 3. The van der Waals surface area contributed by atoms with Crippen molar-refractivity contribution in [2.75, 3.05) is 19.6 Å². The number of β-amino-alcohol motifs (C(OH)–C–C–N with tert-alkyl or cyclic N) is 1. The van der Waals surface area contributed by atoms with Crippen LogP contribution in [0.4, 0.5) is 13.2 Å². The van der Waals surface area contributed by atoms with Crippen molar-refractivity contribution in [1.82, 2.24) is 4.90 Å². The van der Waals surface area contributed by atoms with Gasteiger partial charge >= 0.3 is 6.18 Å². The molecule has 1 aliphatic rings. The first-order valence-electron chi connectivity index (χ1n) is 6.31. The topological polar surface area (TPSA) is 23.5 Å². The van der Waals surface area contributed by atoms with Crippen molar-refractivity contribution in [1.29, 1.82) is 0 Å². The van der Waals surface area contributed by atoms with Gasteiger partial charge in [-0.1, -0.05) is 20.3 Å². The maximum absolute atomic E-state index is 12.6. The first kappa shape index (κ1) is 14.8. The minimum atomic E-state index is -4.10. The summed E-state index contributed by atoms with van der Waals surface area (Å²) in [4.78, 5) is 1.75. The lowest BCUT2D eigenvalue weighted by Gasteiger charge is -2.35. The molecule has 0 saturated carbocycles. The van der Waals surface area contributed by atoms with Gasteiger partial charge in [0.2, 0.25) is 0 Å². The lowest BCUT2D eigenvalue weighted by Crippen LogP contribution is -2.45. The van der Waals surface area contributed by atoms with Crippen LogP contribution in [0.2, 0.25) is 0 Å². The third-order valence-corrected chi connectivity index (χ3v) is 3.71. The molecule has 1 fully saturated rings. The molecule has 3 unspecified atom stereocenters. The van der Waals surface area contributed by atoms with E-state index in [9.17, 15) is 18.3 Å². The molecule has 2 nitrogen and oxygen atoms in total. The second-order valence-corrected chi connectivity index (χ2v) is 5.09. The highest BCUT2D eigenvalue weighted by atomic mass is 19.4. The fourth-order valence-electron chi connectivity index (χ4n) is 2.21. The summed E-state index contributed by atoms with van der Waals surface area (Å²) in [6.07, 6.45) is -2.99. The van der Waals surface area contributed by atoms with Gasteiger partial charge in [0.15, 0.2) is 0 Å². The molecule has 1 aliphatic heterocycles. The normalized spacial score (nSPS) is 26.8. The summed E-state index contributed by atoms with van der Waals surface area (Å²) < 4.78 is 37.8. The van der Waals surface area contributed by atoms with E-state index in [1.165, 1.54) is 0 Å². The summed E-state index contributed by atoms with van der Waals surface area (Å²) in [5.74, 6) is -1.08. The molecule has 0 amide bonds. The Balaban J connectivity index is 2.45. The molecule has 0 aliphatic carbocycles. The van der Waals surface area contributed by atoms with Crippen molar-refractivity contribution in [3.8, 4) is 0 Å². The Hall–Kier alpha value is -0.290. The summed E-state index contributed by atoms with van der Waals surface area (Å²) in [6, 6.07) is 0. The van der Waals surface area contributed by atoms with E-state index in [1.807, 2.05) is 13.8 Å². The van der Waals surface area contributed by atoms with Crippen molar-refractivity contribution in [3.05, 3.63) is 0 Å². The fraction of sp³-hybridized carbons (Fsp3) is 1.00. The molecule has 0 spiro atoms. The van der Waals surface area contributed by atoms with E-state index in [2.05, 4.69) is 0 Å². The molecular formula is C12H22F3NO. The van der Waals surface area contributed by atoms with Gasteiger partial charge in [-0.15, -0.1) is 0 Å². The summed E-state index contributed by atoms with van der Waals surface area (Å²) in [5.41, 5.74) is 0. The van der Waals surface area contributed by atoms with E-state index < -0.39 is 18.2 Å². The average molecular weight is 253 g/mol. The van der Waals surface area contributed by atoms with Gasteiger partial charge in [-0.25, -0.2) is 0 Å². The zero-order chi connectivity index (χ0) is 13.1. The second kappa shape index (κ2) is 6.05. The molecular weight excluding hydrogens is 231 g/mol. The number of rotatable bonds is 4. The summed E-state index contributed by atoms with van der Waals surface area (Å²) in [6.45, 7) is 4.97. The number of nitrogens with zero attached hydrogens (tertiary/aromatic N) is 1. The highest BCUT2D eigenvalue weighted by molar-refractivity contribution is 4.80. The van der Waals surface area contributed by atoms with Crippen LogP contribution in [0.3, 0.4) is 0 Å². The maximum Gasteiger partial charge on any atom is 0.393 e. The zero-order valence-electron chi connectivity index (χ0n) is 10.5. The molecule has 0 aromatic heterocycles. The Kier molecular flexibility index (Phi) is 5.25. The highest BCUT2D eigenvalue weighted by Crippen LogP contribution is 2.33. The third kappa shape index (κ3) is 4.47. The molecule has 1 saturated heterocycles. The van der Waals surface area contributed by atoms with Gasteiger partial charge in [0.05, 0.1) is 12.0 Å². The molecule has 1 N–H and O–H groups in total. The quantitative estimate of drug-likeness (QED) is 0.832. The molecule has 1 heterocycles. The van der Waals surface area contributed by atoms with Gasteiger partial charge in [-0.3, -0.25) is 0 Å². The van der Waals surface area contributed by atoms with E-state index in [0.717, 1.165) is 6.42 Å². The molecule has 0 radical (unpaired) electrons. The van der Waals surface area contributed by atoms with Crippen molar-refractivity contribution in [2.24, 2.45) is 11.8 Å². The number of likely N-dealkylation sites (tertiary alicyclic amines) is 1. The number of aliphatic hydroxyl groups is 1. The predicted octanol–water partition coefficient (Wildman–Crippen LogP) is 2.67. The predicted molar refractivity (Wildman–Crippen MR) is 60.7 cm³/mol. The molecule has 17 heavy (non-hydrogen) atoms. The molecule has 0 aromatic rings. The first-order valence-corrected chi connectivity index (χ1v) is 6.31. The second-order valence-electron chi connectivity index (χ2n) is 5.09. The number of piperidine rings is 1. The number of hydrogen-bond acceptors (Lipinski definition) is 2. The van der Waals surface area contributed by atoms with Crippen molar-refractivity contribution < 1.29 is 18.3 Å². The van der Waals surface area contributed by atoms with Crippen LogP contribution in [0.1, 0.15) is 33.1 Å². The van der Waals surface area contributed by atoms with Gasteiger partial charge in [-0.05, 0) is 25.3 Å². The Labute approximate surface area is 101 Å². The SMILES string of the molecule is CCC(C)C(O)CN1CCCC(C(F)(F)F)C1. The fourth-order valence-corrected chi connectivity index (χ4v) is 2.21. The lowest BCUT2D eigenvalue weighted by molar-refractivity contribution is -0.187. The first-order chi connectivity index (χ1) is 7.84. The minimum absolute atomic E-state index is 0.0387. The largest absolute Gasteiger partial charge is 0.393 e. The Morgan fingerprint density at radius 1 is 1.41 bits per heavy atom. The molecule has 0 bridgehead atoms. The number of alkyl halides is 3.